The number of nitrogens with two attached hydrogens (primary N) is 2. The van der Waals surface area contributed by atoms with E-state index in [2.05, 4.69) is 4.99 Å². The largest absolute Gasteiger partial charge is 0.505 e. The number of guanidine groups is 1. The molecule has 1 atom stereocenters. The Morgan fingerprint density at radius 3 is 2.67 bits per heavy atom. The minimum atomic E-state index is -0.974. The molecule has 0 amide bonds. The van der Waals surface area contributed by atoms with E-state index in [-0.39, 0.29) is 12.5 Å². The van der Waals surface area contributed by atoms with Crippen molar-refractivity contribution in [2.24, 2.45) is 16.5 Å². The average molecular weight is 211 g/mol. The second kappa shape index (κ2) is 4.61. The van der Waals surface area contributed by atoms with E-state index in [0.29, 0.717) is 5.56 Å². The van der Waals surface area contributed by atoms with Gasteiger partial charge in [0, 0.05) is 0 Å². The third-order valence-electron chi connectivity index (χ3n) is 1.80. The van der Waals surface area contributed by atoms with Gasteiger partial charge in [0.1, 0.15) is 0 Å². The number of phenols is 1. The standard InChI is InChI=1S/C9H12FN3O2/c10-6-2-1-5(3-7(6)14)8(15)4-13-9(11)12/h1-3,8,14-15H,4H2,(H4,11,12,13)/i4-1,8-1. The fourth-order valence-corrected chi connectivity index (χ4v) is 1.03. The van der Waals surface area contributed by atoms with Crippen LogP contribution in [0.25, 0.3) is 0 Å². The Morgan fingerprint density at radius 1 is 1.47 bits per heavy atom. The monoisotopic (exact) mass is 211 g/mol. The molecule has 1 unspecified atom stereocenters. The van der Waals surface area contributed by atoms with Crippen LogP contribution in [0, 0.1) is 5.82 Å². The summed E-state index contributed by atoms with van der Waals surface area (Å²) in [7, 11) is 0. The smallest absolute Gasteiger partial charge is 0.186 e. The molecule has 15 heavy (non-hydrogen) atoms. The Hall–Kier alpha value is -1.82. The summed E-state index contributed by atoms with van der Waals surface area (Å²) in [4.78, 5) is 3.60. The lowest BCUT2D eigenvalue weighted by Crippen LogP contribution is -2.23. The van der Waals surface area contributed by atoms with E-state index in [1.807, 2.05) is 0 Å². The number of benzene rings is 1. The quantitative estimate of drug-likeness (QED) is 0.411. The normalized spacial score (nSPS) is 12.1. The zero-order valence-corrected chi connectivity index (χ0v) is 7.89. The van der Waals surface area contributed by atoms with Crippen LogP contribution >= 0.6 is 0 Å². The summed E-state index contributed by atoms with van der Waals surface area (Å²) in [5.74, 6) is -1.40. The first-order valence-electron chi connectivity index (χ1n) is 4.22. The zero-order chi connectivity index (χ0) is 11.4. The van der Waals surface area contributed by atoms with Gasteiger partial charge in [-0.1, -0.05) is 6.07 Å². The van der Waals surface area contributed by atoms with Crippen molar-refractivity contribution < 1.29 is 14.6 Å². The van der Waals surface area contributed by atoms with Crippen molar-refractivity contribution in [3.8, 4) is 5.75 Å². The molecule has 0 aliphatic rings. The summed E-state index contributed by atoms with van der Waals surface area (Å²) in [5.41, 5.74) is 10.5. The third kappa shape index (κ3) is 3.10. The summed E-state index contributed by atoms with van der Waals surface area (Å²) in [6.45, 7) is -0.0343. The first-order chi connectivity index (χ1) is 7.00. The number of hydrogen-bond donors (Lipinski definition) is 4. The Kier molecular flexibility index (Phi) is 3.46. The van der Waals surface area contributed by atoms with Crippen molar-refractivity contribution in [3.05, 3.63) is 29.6 Å². The molecule has 82 valence electrons. The van der Waals surface area contributed by atoms with Crippen LogP contribution in [0.5, 0.6) is 5.75 Å². The Labute approximate surface area is 85.9 Å². The highest BCUT2D eigenvalue weighted by atomic mass is 19.1. The van der Waals surface area contributed by atoms with Crippen molar-refractivity contribution in [3.63, 3.8) is 0 Å². The first-order valence-corrected chi connectivity index (χ1v) is 4.22. The highest BCUT2D eigenvalue weighted by Gasteiger charge is 2.09. The minimum Gasteiger partial charge on any atom is -0.505 e. The summed E-state index contributed by atoms with van der Waals surface area (Å²) >= 11 is 0. The number of aliphatic hydroxyl groups excluding tert-OH is 1. The maximum Gasteiger partial charge on any atom is 0.186 e. The second-order valence-corrected chi connectivity index (χ2v) is 2.99. The van der Waals surface area contributed by atoms with Crippen molar-refractivity contribution in [1.82, 2.24) is 0 Å². The number of hydrogen-bond acceptors (Lipinski definition) is 3. The SMILES string of the molecule is NC(N)=N[11CH2][11CH](O)c1ccc(F)c(O)c1. The van der Waals surface area contributed by atoms with E-state index in [1.165, 1.54) is 6.07 Å². The van der Waals surface area contributed by atoms with E-state index >= 15 is 0 Å². The van der Waals surface area contributed by atoms with Crippen LogP contribution < -0.4 is 11.5 Å². The third-order valence-corrected chi connectivity index (χ3v) is 1.80. The van der Waals surface area contributed by atoms with Crippen LogP contribution in [0.3, 0.4) is 0 Å². The minimum absolute atomic E-state index is 0.0343. The van der Waals surface area contributed by atoms with Gasteiger partial charge >= 0.3 is 0 Å². The molecule has 1 rings (SSSR count). The fraction of sp³-hybridized carbons (Fsp3) is 0.222. The molecule has 1 aromatic rings. The number of aliphatic hydroxyl groups is 1. The van der Waals surface area contributed by atoms with Gasteiger partial charge in [-0.05, 0) is 17.7 Å². The highest BCUT2D eigenvalue weighted by molar-refractivity contribution is 5.75. The van der Waals surface area contributed by atoms with E-state index in [1.54, 1.807) is 0 Å². The van der Waals surface area contributed by atoms with Crippen LogP contribution in [0.4, 0.5) is 4.39 Å². The van der Waals surface area contributed by atoms with E-state index in [4.69, 9.17) is 16.6 Å². The molecule has 1 aromatic carbocycles. The molecule has 0 spiro atoms. The highest BCUT2D eigenvalue weighted by Crippen LogP contribution is 2.21. The molecule has 0 heterocycles. The maximum absolute atomic E-state index is 12.7. The van der Waals surface area contributed by atoms with E-state index in [9.17, 15) is 9.50 Å². The van der Waals surface area contributed by atoms with Crippen LogP contribution in [0.15, 0.2) is 23.2 Å². The molecule has 0 aromatic heterocycles. The predicted octanol–water partition coefficient (Wildman–Crippen LogP) is -0.162. The molecule has 0 bridgehead atoms. The molecule has 0 saturated heterocycles. The maximum atomic E-state index is 12.7. The number of halogens is 1. The van der Waals surface area contributed by atoms with Gasteiger partial charge < -0.3 is 21.7 Å². The van der Waals surface area contributed by atoms with Crippen molar-refractivity contribution in [2.75, 3.05) is 6.54 Å². The molecule has 0 aliphatic carbocycles. The van der Waals surface area contributed by atoms with Gasteiger partial charge in [0.05, 0.1) is 12.6 Å². The fourth-order valence-electron chi connectivity index (χ4n) is 1.03. The molecule has 6 heteroatoms. The van der Waals surface area contributed by atoms with Crippen LogP contribution in [-0.2, 0) is 0 Å². The van der Waals surface area contributed by atoms with Crippen molar-refractivity contribution in [1.29, 1.82) is 0 Å². The lowest BCUT2D eigenvalue weighted by Gasteiger charge is -2.08. The van der Waals surface area contributed by atoms with Crippen molar-refractivity contribution >= 4 is 5.96 Å². The number of rotatable bonds is 3. The molecule has 6 N–H and O–H groups in total. The molecule has 5 nitrogen and oxygen atoms in total. The Morgan fingerprint density at radius 2 is 2.13 bits per heavy atom. The topological polar surface area (TPSA) is 105 Å². The predicted molar refractivity (Wildman–Crippen MR) is 53.7 cm³/mol. The summed E-state index contributed by atoms with van der Waals surface area (Å²) in [6.07, 6.45) is -0.974. The Bertz CT molecular complexity index is 378. The van der Waals surface area contributed by atoms with Gasteiger partial charge in [-0.2, -0.15) is 0 Å². The average Bonchev–Trinajstić information content (AvgIpc) is 2.18. The molecular weight excluding hydrogens is 199 g/mol. The number of aromatic hydroxyl groups is 1. The van der Waals surface area contributed by atoms with Crippen LogP contribution in [0.2, 0.25) is 0 Å². The number of aliphatic imine (C=N–C) groups is 1. The van der Waals surface area contributed by atoms with E-state index in [0.717, 1.165) is 12.1 Å². The van der Waals surface area contributed by atoms with Crippen LogP contribution in [0.1, 0.15) is 11.7 Å². The molecule has 0 radical (unpaired) electrons. The summed E-state index contributed by atoms with van der Waals surface area (Å²) in [5, 5.41) is 18.6. The van der Waals surface area contributed by atoms with Crippen LogP contribution in [-0.4, -0.2) is 22.7 Å². The number of phenolic OH excluding ortho intramolecular Hbond substituents is 1. The van der Waals surface area contributed by atoms with E-state index < -0.39 is 17.7 Å². The van der Waals surface area contributed by atoms with Gasteiger partial charge in [0.15, 0.2) is 17.5 Å². The first kappa shape index (κ1) is 11.3. The lowest BCUT2D eigenvalue weighted by molar-refractivity contribution is 0.186. The second-order valence-electron chi connectivity index (χ2n) is 2.99. The van der Waals surface area contributed by atoms with Gasteiger partial charge in [0.2, 0.25) is 0 Å². The van der Waals surface area contributed by atoms with Gasteiger partial charge in [-0.15, -0.1) is 0 Å². The molecular formula is C9H12FN3O2. The Balaban J connectivity index is 2.78. The van der Waals surface area contributed by atoms with Gasteiger partial charge in [-0.25, -0.2) is 4.39 Å². The lowest BCUT2D eigenvalue weighted by atomic mass is 9.52. The molecule has 0 aliphatic heterocycles. The summed E-state index contributed by atoms with van der Waals surface area (Å²) in [6, 6.07) is 3.54. The van der Waals surface area contributed by atoms with Gasteiger partial charge in [0.25, 0.3) is 0 Å². The number of nitrogens with zero attached hydrogens (tertiary/aromatic N) is 1. The molecule has 0 fully saturated rings. The van der Waals surface area contributed by atoms with Gasteiger partial charge in [-0.3, -0.25) is 4.99 Å². The molecule has 0 saturated carbocycles. The summed E-state index contributed by atoms with van der Waals surface area (Å²) < 4.78 is 12.7. The zero-order valence-electron chi connectivity index (χ0n) is 7.89. The van der Waals surface area contributed by atoms with Crippen molar-refractivity contribution in [2.45, 2.75) is 6.10 Å².